The normalized spacial score (nSPS) is 10.6. The maximum absolute atomic E-state index is 12.2. The lowest BCUT2D eigenvalue weighted by Crippen LogP contribution is -2.22. The van der Waals surface area contributed by atoms with Crippen LogP contribution in [0.4, 0.5) is 11.4 Å². The summed E-state index contributed by atoms with van der Waals surface area (Å²) in [6.07, 6.45) is 0. The van der Waals surface area contributed by atoms with Gasteiger partial charge >= 0.3 is 0 Å². The summed E-state index contributed by atoms with van der Waals surface area (Å²) in [5.41, 5.74) is 2.00. The Morgan fingerprint density at radius 3 is 2.38 bits per heavy atom. The van der Waals surface area contributed by atoms with Crippen LogP contribution in [0.15, 0.2) is 48.5 Å². The average Bonchev–Trinajstić information content (AvgIpc) is 2.61. The van der Waals surface area contributed by atoms with Gasteiger partial charge in [0.15, 0.2) is 0 Å². The minimum absolute atomic E-state index is 0.0998. The van der Waals surface area contributed by atoms with Crippen molar-refractivity contribution in [3.8, 4) is 0 Å². The average molecular weight is 327 g/mol. The minimum Gasteiger partial charge on any atom is -0.322 e. The van der Waals surface area contributed by atoms with Crippen molar-refractivity contribution in [2.75, 3.05) is 18.4 Å². The van der Waals surface area contributed by atoms with Gasteiger partial charge in [0.05, 0.1) is 4.92 Å². The van der Waals surface area contributed by atoms with Crippen molar-refractivity contribution in [1.29, 1.82) is 0 Å². The monoisotopic (exact) mass is 327 g/mol. The molecule has 2 rings (SSSR count). The number of nitrogens with zero attached hydrogens (tertiary/aromatic N) is 2. The molecule has 0 aromatic heterocycles. The van der Waals surface area contributed by atoms with Crippen molar-refractivity contribution in [3.63, 3.8) is 0 Å². The third-order valence-electron chi connectivity index (χ3n) is 3.83. The fraction of sp³-hybridized carbons (Fsp3) is 0.278. The number of nitro benzene ring substituents is 1. The van der Waals surface area contributed by atoms with Gasteiger partial charge in [0, 0.05) is 29.9 Å². The number of anilines is 1. The van der Waals surface area contributed by atoms with Crippen LogP contribution in [-0.4, -0.2) is 28.8 Å². The lowest BCUT2D eigenvalue weighted by molar-refractivity contribution is -0.384. The highest BCUT2D eigenvalue weighted by Gasteiger charge is 2.11. The molecule has 2 aromatic rings. The molecule has 0 saturated carbocycles. The number of benzene rings is 2. The summed E-state index contributed by atoms with van der Waals surface area (Å²) in [6.45, 7) is 7.09. The molecule has 0 atom stereocenters. The molecule has 0 unspecified atom stereocenters. The van der Waals surface area contributed by atoms with Crippen LogP contribution in [0.5, 0.6) is 0 Å². The van der Waals surface area contributed by atoms with Crippen molar-refractivity contribution in [2.24, 2.45) is 0 Å². The molecule has 6 nitrogen and oxygen atoms in total. The van der Waals surface area contributed by atoms with Gasteiger partial charge in [-0.25, -0.2) is 0 Å². The van der Waals surface area contributed by atoms with E-state index in [1.54, 1.807) is 6.07 Å². The van der Waals surface area contributed by atoms with Crippen molar-refractivity contribution in [2.45, 2.75) is 20.4 Å². The molecule has 0 radical (unpaired) electrons. The fourth-order valence-corrected chi connectivity index (χ4v) is 2.36. The standard InChI is InChI=1S/C18H21N3O3/c1-3-20(4-2)13-14-8-10-16(11-9-14)19-18(22)15-6-5-7-17(12-15)21(23)24/h5-12H,3-4,13H2,1-2H3,(H,19,22). The van der Waals surface area contributed by atoms with E-state index in [4.69, 9.17) is 0 Å². The van der Waals surface area contributed by atoms with Crippen molar-refractivity contribution in [1.82, 2.24) is 4.90 Å². The molecule has 0 aliphatic rings. The molecule has 1 N–H and O–H groups in total. The van der Waals surface area contributed by atoms with E-state index in [-0.39, 0.29) is 17.2 Å². The van der Waals surface area contributed by atoms with Crippen molar-refractivity contribution < 1.29 is 9.72 Å². The van der Waals surface area contributed by atoms with Gasteiger partial charge in [0.2, 0.25) is 0 Å². The first kappa shape index (κ1) is 17.6. The second-order valence-corrected chi connectivity index (χ2v) is 5.42. The maximum Gasteiger partial charge on any atom is 0.270 e. The van der Waals surface area contributed by atoms with Crippen LogP contribution >= 0.6 is 0 Å². The molecule has 1 amide bonds. The molecule has 2 aromatic carbocycles. The SMILES string of the molecule is CCN(CC)Cc1ccc(NC(=O)c2cccc([N+](=O)[O-])c2)cc1. The molecular weight excluding hydrogens is 306 g/mol. The first-order valence-electron chi connectivity index (χ1n) is 7.90. The van der Waals surface area contributed by atoms with Crippen LogP contribution in [-0.2, 0) is 6.54 Å². The minimum atomic E-state index is -0.515. The molecule has 0 saturated heterocycles. The molecule has 0 spiro atoms. The Kier molecular flexibility index (Phi) is 6.03. The molecule has 0 aliphatic carbocycles. The predicted molar refractivity (Wildman–Crippen MR) is 94.1 cm³/mol. The van der Waals surface area contributed by atoms with Crippen molar-refractivity contribution in [3.05, 3.63) is 69.8 Å². The Morgan fingerprint density at radius 1 is 1.12 bits per heavy atom. The van der Waals surface area contributed by atoms with Gasteiger partial charge in [-0.3, -0.25) is 19.8 Å². The Bertz CT molecular complexity index is 710. The molecular formula is C18H21N3O3. The fourth-order valence-electron chi connectivity index (χ4n) is 2.36. The highest BCUT2D eigenvalue weighted by atomic mass is 16.6. The number of nitrogens with one attached hydrogen (secondary N) is 1. The largest absolute Gasteiger partial charge is 0.322 e. The van der Waals surface area contributed by atoms with Crippen LogP contribution in [0.3, 0.4) is 0 Å². The van der Waals surface area contributed by atoms with Crippen LogP contribution in [0, 0.1) is 10.1 Å². The number of carbonyl (C=O) groups is 1. The number of nitro groups is 1. The molecule has 6 heteroatoms. The van der Waals surface area contributed by atoms with Crippen molar-refractivity contribution >= 4 is 17.3 Å². The van der Waals surface area contributed by atoms with Gasteiger partial charge in [-0.1, -0.05) is 32.0 Å². The van der Waals surface area contributed by atoms with E-state index in [1.165, 1.54) is 23.8 Å². The van der Waals surface area contributed by atoms with Gasteiger partial charge in [-0.15, -0.1) is 0 Å². The summed E-state index contributed by atoms with van der Waals surface area (Å²) in [6, 6.07) is 13.3. The van der Waals surface area contributed by atoms with E-state index in [9.17, 15) is 14.9 Å². The Labute approximate surface area is 141 Å². The predicted octanol–water partition coefficient (Wildman–Crippen LogP) is 3.69. The number of amides is 1. The number of carbonyl (C=O) groups excluding carboxylic acids is 1. The van der Waals surface area contributed by atoms with Crippen LogP contribution in [0.2, 0.25) is 0 Å². The van der Waals surface area contributed by atoms with Crippen LogP contribution in [0.1, 0.15) is 29.8 Å². The molecule has 0 fully saturated rings. The van der Waals surface area contributed by atoms with E-state index in [0.717, 1.165) is 19.6 Å². The molecule has 0 bridgehead atoms. The summed E-state index contributed by atoms with van der Waals surface area (Å²) < 4.78 is 0. The quantitative estimate of drug-likeness (QED) is 0.621. The summed E-state index contributed by atoms with van der Waals surface area (Å²) in [5, 5.41) is 13.5. The number of hydrogen-bond donors (Lipinski definition) is 1. The van der Waals surface area contributed by atoms with Gasteiger partial charge in [-0.2, -0.15) is 0 Å². The maximum atomic E-state index is 12.2. The van der Waals surface area contributed by atoms with Gasteiger partial charge in [-0.05, 0) is 36.9 Å². The smallest absolute Gasteiger partial charge is 0.270 e. The highest BCUT2D eigenvalue weighted by molar-refractivity contribution is 6.04. The topological polar surface area (TPSA) is 75.5 Å². The molecule has 24 heavy (non-hydrogen) atoms. The Morgan fingerprint density at radius 2 is 1.79 bits per heavy atom. The van der Waals surface area contributed by atoms with Gasteiger partial charge < -0.3 is 5.32 Å². The van der Waals surface area contributed by atoms with E-state index in [0.29, 0.717) is 5.69 Å². The highest BCUT2D eigenvalue weighted by Crippen LogP contribution is 2.16. The second-order valence-electron chi connectivity index (χ2n) is 5.42. The summed E-state index contributed by atoms with van der Waals surface area (Å²) in [5.74, 6) is -0.366. The third-order valence-corrected chi connectivity index (χ3v) is 3.83. The van der Waals surface area contributed by atoms with E-state index in [1.807, 2.05) is 24.3 Å². The van der Waals surface area contributed by atoms with Crippen LogP contribution in [0.25, 0.3) is 0 Å². The Hall–Kier alpha value is -2.73. The lowest BCUT2D eigenvalue weighted by atomic mass is 10.1. The van der Waals surface area contributed by atoms with E-state index >= 15 is 0 Å². The Balaban J connectivity index is 2.04. The zero-order chi connectivity index (χ0) is 17.5. The zero-order valence-corrected chi connectivity index (χ0v) is 13.9. The first-order chi connectivity index (χ1) is 11.5. The summed E-state index contributed by atoms with van der Waals surface area (Å²) >= 11 is 0. The van der Waals surface area contributed by atoms with E-state index < -0.39 is 4.92 Å². The summed E-state index contributed by atoms with van der Waals surface area (Å²) in [4.78, 5) is 24.8. The zero-order valence-electron chi connectivity index (χ0n) is 13.9. The number of hydrogen-bond acceptors (Lipinski definition) is 4. The van der Waals surface area contributed by atoms with Gasteiger partial charge in [0.25, 0.3) is 11.6 Å². The first-order valence-corrected chi connectivity index (χ1v) is 7.90. The molecule has 0 heterocycles. The second kappa shape index (κ2) is 8.21. The summed E-state index contributed by atoms with van der Waals surface area (Å²) in [7, 11) is 0. The number of rotatable bonds is 7. The lowest BCUT2D eigenvalue weighted by Gasteiger charge is -2.18. The molecule has 126 valence electrons. The van der Waals surface area contributed by atoms with E-state index in [2.05, 4.69) is 24.1 Å². The molecule has 0 aliphatic heterocycles. The number of non-ortho nitro benzene ring substituents is 1. The third kappa shape index (κ3) is 4.63. The van der Waals surface area contributed by atoms with Gasteiger partial charge in [0.1, 0.15) is 0 Å². The van der Waals surface area contributed by atoms with Crippen LogP contribution < -0.4 is 5.32 Å².